The highest BCUT2D eigenvalue weighted by atomic mass is 32.1. The predicted molar refractivity (Wildman–Crippen MR) is 81.6 cm³/mol. The number of thiophene rings is 1. The van der Waals surface area contributed by atoms with Crippen LogP contribution in [0.1, 0.15) is 15.9 Å². The van der Waals surface area contributed by atoms with Gasteiger partial charge in [-0.15, -0.1) is 0 Å². The van der Waals surface area contributed by atoms with E-state index in [2.05, 4.69) is 5.32 Å². The number of rotatable bonds is 6. The number of amides is 1. The van der Waals surface area contributed by atoms with Gasteiger partial charge in [0.2, 0.25) is 0 Å². The molecule has 21 heavy (non-hydrogen) atoms. The van der Waals surface area contributed by atoms with E-state index >= 15 is 0 Å². The number of ether oxygens (including phenoxy) is 3. The summed E-state index contributed by atoms with van der Waals surface area (Å²) >= 11 is 1.59. The third kappa shape index (κ3) is 3.46. The highest BCUT2D eigenvalue weighted by Crippen LogP contribution is 2.34. The smallest absolute Gasteiger partial charge is 0.255 e. The average molecular weight is 307 g/mol. The van der Waals surface area contributed by atoms with Gasteiger partial charge in [-0.3, -0.25) is 4.79 Å². The van der Waals surface area contributed by atoms with Crippen LogP contribution in [0, 0.1) is 0 Å². The summed E-state index contributed by atoms with van der Waals surface area (Å²) in [7, 11) is 4.57. The van der Waals surface area contributed by atoms with Crippen LogP contribution in [0.3, 0.4) is 0 Å². The topological polar surface area (TPSA) is 56.8 Å². The van der Waals surface area contributed by atoms with E-state index in [1.807, 2.05) is 16.8 Å². The zero-order valence-corrected chi connectivity index (χ0v) is 13.0. The van der Waals surface area contributed by atoms with Gasteiger partial charge in [0.25, 0.3) is 5.91 Å². The van der Waals surface area contributed by atoms with Crippen molar-refractivity contribution in [2.75, 3.05) is 21.3 Å². The van der Waals surface area contributed by atoms with E-state index in [-0.39, 0.29) is 5.91 Å². The highest BCUT2D eigenvalue weighted by molar-refractivity contribution is 7.07. The molecule has 112 valence electrons. The number of nitrogens with one attached hydrogen (secondary N) is 1. The first-order valence-corrected chi connectivity index (χ1v) is 7.23. The Hall–Kier alpha value is -2.21. The van der Waals surface area contributed by atoms with Crippen LogP contribution in [0.25, 0.3) is 0 Å². The second-order valence-corrected chi connectivity index (χ2v) is 5.00. The molecule has 1 N–H and O–H groups in total. The molecule has 0 aliphatic rings. The standard InChI is InChI=1S/C15H17NO4S/c1-18-12-7-14(20-3)13(19-2)6-11(12)15(17)16-8-10-4-5-21-9-10/h4-7,9H,8H2,1-3H3,(H,16,17). The fourth-order valence-electron chi connectivity index (χ4n) is 1.88. The molecule has 1 heterocycles. The van der Waals surface area contributed by atoms with Gasteiger partial charge in [-0.25, -0.2) is 0 Å². The molecule has 0 spiro atoms. The quantitative estimate of drug-likeness (QED) is 0.891. The zero-order valence-electron chi connectivity index (χ0n) is 12.1. The number of carbonyl (C=O) groups excluding carboxylic acids is 1. The number of carbonyl (C=O) groups is 1. The minimum absolute atomic E-state index is 0.223. The van der Waals surface area contributed by atoms with Crippen molar-refractivity contribution in [3.05, 3.63) is 40.1 Å². The third-order valence-corrected chi connectivity index (χ3v) is 3.72. The highest BCUT2D eigenvalue weighted by Gasteiger charge is 2.17. The minimum Gasteiger partial charge on any atom is -0.496 e. The van der Waals surface area contributed by atoms with Crippen LogP contribution in [0.2, 0.25) is 0 Å². The van der Waals surface area contributed by atoms with E-state index in [0.717, 1.165) is 5.56 Å². The van der Waals surface area contributed by atoms with Crippen LogP contribution in [0.5, 0.6) is 17.2 Å². The van der Waals surface area contributed by atoms with Crippen molar-refractivity contribution in [3.63, 3.8) is 0 Å². The fraction of sp³-hybridized carbons (Fsp3) is 0.267. The molecule has 0 radical (unpaired) electrons. The SMILES string of the molecule is COc1cc(OC)c(C(=O)NCc2ccsc2)cc1OC. The van der Waals surface area contributed by atoms with Crippen LogP contribution in [-0.4, -0.2) is 27.2 Å². The Balaban J connectivity index is 2.22. The summed E-state index contributed by atoms with van der Waals surface area (Å²) in [4.78, 5) is 12.3. The van der Waals surface area contributed by atoms with Crippen molar-refractivity contribution in [2.24, 2.45) is 0 Å². The van der Waals surface area contributed by atoms with Gasteiger partial charge >= 0.3 is 0 Å². The Kier molecular flexibility index (Phi) is 5.05. The lowest BCUT2D eigenvalue weighted by molar-refractivity contribution is 0.0947. The van der Waals surface area contributed by atoms with Gasteiger partial charge in [0.1, 0.15) is 5.75 Å². The Morgan fingerprint density at radius 3 is 2.33 bits per heavy atom. The lowest BCUT2D eigenvalue weighted by Gasteiger charge is -2.13. The number of hydrogen-bond acceptors (Lipinski definition) is 5. The molecular formula is C15H17NO4S. The molecule has 6 heteroatoms. The van der Waals surface area contributed by atoms with Crippen molar-refractivity contribution in [2.45, 2.75) is 6.54 Å². The first-order chi connectivity index (χ1) is 10.2. The normalized spacial score (nSPS) is 10.0. The summed E-state index contributed by atoms with van der Waals surface area (Å²) in [5.41, 5.74) is 1.47. The molecular weight excluding hydrogens is 290 g/mol. The van der Waals surface area contributed by atoms with Crippen molar-refractivity contribution < 1.29 is 19.0 Å². The summed E-state index contributed by atoms with van der Waals surface area (Å²) < 4.78 is 15.7. The summed E-state index contributed by atoms with van der Waals surface area (Å²) in [6.45, 7) is 0.472. The Bertz CT molecular complexity index is 610. The molecule has 1 aromatic carbocycles. The number of methoxy groups -OCH3 is 3. The summed E-state index contributed by atoms with van der Waals surface area (Å²) in [5, 5.41) is 6.82. The molecule has 2 aromatic rings. The molecule has 0 saturated carbocycles. The van der Waals surface area contributed by atoms with Crippen LogP contribution < -0.4 is 19.5 Å². The van der Waals surface area contributed by atoms with Crippen LogP contribution in [0.4, 0.5) is 0 Å². The van der Waals surface area contributed by atoms with E-state index in [9.17, 15) is 4.79 Å². The lowest BCUT2D eigenvalue weighted by Crippen LogP contribution is -2.23. The van der Waals surface area contributed by atoms with Gasteiger partial charge in [0, 0.05) is 18.7 Å². The minimum atomic E-state index is -0.223. The fourth-order valence-corrected chi connectivity index (χ4v) is 2.55. The number of benzene rings is 1. The Morgan fingerprint density at radius 2 is 1.76 bits per heavy atom. The molecule has 0 aliphatic heterocycles. The van der Waals surface area contributed by atoms with Crippen LogP contribution in [0.15, 0.2) is 29.0 Å². The Labute approximate surface area is 127 Å². The molecule has 5 nitrogen and oxygen atoms in total. The van der Waals surface area contributed by atoms with E-state index in [0.29, 0.717) is 29.4 Å². The van der Waals surface area contributed by atoms with Crippen LogP contribution in [-0.2, 0) is 6.54 Å². The summed E-state index contributed by atoms with van der Waals surface area (Å²) in [5.74, 6) is 1.22. The molecule has 0 unspecified atom stereocenters. The van der Waals surface area contributed by atoms with Crippen molar-refractivity contribution in [1.82, 2.24) is 5.32 Å². The predicted octanol–water partition coefficient (Wildman–Crippen LogP) is 2.70. The lowest BCUT2D eigenvalue weighted by atomic mass is 10.1. The largest absolute Gasteiger partial charge is 0.496 e. The average Bonchev–Trinajstić information content (AvgIpc) is 3.04. The van der Waals surface area contributed by atoms with E-state index in [4.69, 9.17) is 14.2 Å². The third-order valence-electron chi connectivity index (χ3n) is 2.98. The zero-order chi connectivity index (χ0) is 15.2. The maximum Gasteiger partial charge on any atom is 0.255 e. The van der Waals surface area contributed by atoms with Crippen molar-refractivity contribution in [3.8, 4) is 17.2 Å². The first-order valence-electron chi connectivity index (χ1n) is 6.29. The molecule has 0 bridgehead atoms. The first kappa shape index (κ1) is 15.2. The molecule has 0 saturated heterocycles. The number of hydrogen-bond donors (Lipinski definition) is 1. The molecule has 1 amide bonds. The maximum absolute atomic E-state index is 12.3. The van der Waals surface area contributed by atoms with Crippen molar-refractivity contribution >= 4 is 17.2 Å². The molecule has 2 rings (SSSR count). The van der Waals surface area contributed by atoms with Crippen LogP contribution >= 0.6 is 11.3 Å². The second kappa shape index (κ2) is 6.99. The monoisotopic (exact) mass is 307 g/mol. The molecule has 1 aromatic heterocycles. The maximum atomic E-state index is 12.3. The Morgan fingerprint density at radius 1 is 1.10 bits per heavy atom. The molecule has 0 aliphatic carbocycles. The van der Waals surface area contributed by atoms with Crippen molar-refractivity contribution in [1.29, 1.82) is 0 Å². The van der Waals surface area contributed by atoms with E-state index < -0.39 is 0 Å². The summed E-state index contributed by atoms with van der Waals surface area (Å²) in [6.07, 6.45) is 0. The summed E-state index contributed by atoms with van der Waals surface area (Å²) in [6, 6.07) is 5.22. The molecule has 0 fully saturated rings. The van der Waals surface area contributed by atoms with Gasteiger partial charge in [-0.1, -0.05) is 0 Å². The van der Waals surface area contributed by atoms with E-state index in [1.54, 1.807) is 23.5 Å². The molecule has 0 atom stereocenters. The van der Waals surface area contributed by atoms with Gasteiger partial charge in [0.05, 0.1) is 26.9 Å². The second-order valence-electron chi connectivity index (χ2n) is 4.22. The van der Waals surface area contributed by atoms with E-state index in [1.165, 1.54) is 21.3 Å². The van der Waals surface area contributed by atoms with Gasteiger partial charge < -0.3 is 19.5 Å². The van der Waals surface area contributed by atoms with Gasteiger partial charge in [0.15, 0.2) is 11.5 Å². The van der Waals surface area contributed by atoms with Gasteiger partial charge in [-0.2, -0.15) is 11.3 Å². The van der Waals surface area contributed by atoms with Gasteiger partial charge in [-0.05, 0) is 22.4 Å².